The summed E-state index contributed by atoms with van der Waals surface area (Å²) in [4.78, 5) is 39.6. The van der Waals surface area contributed by atoms with Crippen LogP contribution in [-0.2, 0) is 28.0 Å². The Balaban J connectivity index is 1.43. The number of fused-ring (bicyclic) bond motifs is 1. The fourth-order valence-corrected chi connectivity index (χ4v) is 4.77. The zero-order chi connectivity index (χ0) is 24.0. The first kappa shape index (κ1) is 22.3. The highest BCUT2D eigenvalue weighted by Crippen LogP contribution is 2.32. The summed E-state index contributed by atoms with van der Waals surface area (Å²) in [6.07, 6.45) is 2.95. The molecule has 1 saturated heterocycles. The molecule has 5 rings (SSSR count). The molecule has 34 heavy (non-hydrogen) atoms. The third kappa shape index (κ3) is 3.59. The van der Waals surface area contributed by atoms with Crippen molar-refractivity contribution >= 4 is 34.9 Å². The quantitative estimate of drug-likeness (QED) is 0.365. The zero-order valence-corrected chi connectivity index (χ0v) is 19.5. The third-order valence-electron chi connectivity index (χ3n) is 6.44. The van der Waals surface area contributed by atoms with Crippen LogP contribution in [0.15, 0.2) is 24.4 Å². The molecule has 1 aromatic carbocycles. The summed E-state index contributed by atoms with van der Waals surface area (Å²) in [5.41, 5.74) is 2.88. The number of hydrogen-bond acceptors (Lipinski definition) is 6. The number of benzene rings is 1. The Morgan fingerprint density at radius 3 is 2.68 bits per heavy atom. The van der Waals surface area contributed by atoms with E-state index in [9.17, 15) is 14.4 Å². The molecule has 0 bridgehead atoms. The van der Waals surface area contributed by atoms with Crippen molar-refractivity contribution in [3.63, 3.8) is 0 Å². The van der Waals surface area contributed by atoms with Crippen molar-refractivity contribution in [2.45, 2.75) is 38.8 Å². The van der Waals surface area contributed by atoms with Crippen LogP contribution < -0.4 is 10.6 Å². The lowest BCUT2D eigenvalue weighted by Crippen LogP contribution is -2.60. The second kappa shape index (κ2) is 8.37. The number of aryl methyl sites for hydroxylation is 1. The molecule has 1 fully saturated rings. The van der Waals surface area contributed by atoms with Crippen LogP contribution in [0.2, 0.25) is 5.02 Å². The van der Waals surface area contributed by atoms with Crippen molar-refractivity contribution in [1.82, 2.24) is 25.3 Å². The summed E-state index contributed by atoms with van der Waals surface area (Å²) >= 11 is 6.19. The molecule has 0 radical (unpaired) electrons. The van der Waals surface area contributed by atoms with Crippen LogP contribution in [0.4, 0.5) is 5.69 Å². The largest absolute Gasteiger partial charge is 0.376 e. The van der Waals surface area contributed by atoms with E-state index >= 15 is 0 Å². The van der Waals surface area contributed by atoms with E-state index in [-0.39, 0.29) is 24.7 Å². The number of ether oxygens (including phenoxy) is 1. The Hall–Kier alpha value is -3.50. The van der Waals surface area contributed by atoms with Gasteiger partial charge in [0.25, 0.3) is 17.6 Å². The minimum absolute atomic E-state index is 0.193. The Labute approximate surface area is 200 Å². The van der Waals surface area contributed by atoms with Crippen molar-refractivity contribution in [3.8, 4) is 0 Å². The van der Waals surface area contributed by atoms with E-state index in [1.807, 2.05) is 17.6 Å². The number of Topliss-reactive ketones (excluding diaryl/α,β-unsaturated/α-hetero) is 1. The molecule has 0 saturated carbocycles. The van der Waals surface area contributed by atoms with Crippen LogP contribution in [0.3, 0.4) is 0 Å². The molecular formula is C23H23ClN6O4. The molecular weight excluding hydrogens is 460 g/mol. The second-order valence-corrected chi connectivity index (χ2v) is 9.09. The van der Waals surface area contributed by atoms with Gasteiger partial charge < -0.3 is 19.9 Å². The van der Waals surface area contributed by atoms with E-state index in [1.165, 1.54) is 0 Å². The number of ketones is 1. The molecule has 2 amide bonds. The fraction of sp³-hybridized carbons (Fsp3) is 0.348. The lowest BCUT2D eigenvalue weighted by atomic mass is 9.92. The molecule has 2 aliphatic heterocycles. The maximum atomic E-state index is 13.3. The summed E-state index contributed by atoms with van der Waals surface area (Å²) in [6, 6.07) is 5.27. The number of nitrogens with one attached hydrogen (secondary N) is 3. The number of hydrogen-bond donors (Lipinski definition) is 3. The predicted molar refractivity (Wildman–Crippen MR) is 123 cm³/mol. The molecule has 0 aliphatic carbocycles. The van der Waals surface area contributed by atoms with Gasteiger partial charge in [-0.1, -0.05) is 22.9 Å². The van der Waals surface area contributed by atoms with Gasteiger partial charge in [-0.15, -0.1) is 5.10 Å². The average molecular weight is 483 g/mol. The maximum absolute atomic E-state index is 13.3. The van der Waals surface area contributed by atoms with Crippen LogP contribution in [0.5, 0.6) is 0 Å². The smallest absolute Gasteiger partial charge is 0.293 e. The van der Waals surface area contributed by atoms with Gasteiger partial charge in [-0.05, 0) is 49.9 Å². The number of rotatable bonds is 6. The van der Waals surface area contributed by atoms with E-state index in [0.29, 0.717) is 46.3 Å². The molecule has 0 unspecified atom stereocenters. The van der Waals surface area contributed by atoms with Gasteiger partial charge >= 0.3 is 0 Å². The van der Waals surface area contributed by atoms with Gasteiger partial charge in [0, 0.05) is 29.1 Å². The molecule has 11 heteroatoms. The number of H-pyrrole nitrogens is 1. The first-order valence-corrected chi connectivity index (χ1v) is 11.3. The number of nitrogens with zero attached hydrogens (tertiary/aromatic N) is 3. The van der Waals surface area contributed by atoms with Gasteiger partial charge in [-0.2, -0.15) is 0 Å². The van der Waals surface area contributed by atoms with Crippen LogP contribution in [0.1, 0.15) is 49.8 Å². The first-order chi connectivity index (χ1) is 16.3. The Kier molecular flexibility index (Phi) is 5.49. The predicted octanol–water partition coefficient (Wildman–Crippen LogP) is 2.30. The number of aromatic nitrogens is 4. The summed E-state index contributed by atoms with van der Waals surface area (Å²) in [5.74, 6) is -1.81. The number of aromatic amines is 1. The second-order valence-electron chi connectivity index (χ2n) is 8.69. The van der Waals surface area contributed by atoms with Gasteiger partial charge in [0.2, 0.25) is 0 Å². The van der Waals surface area contributed by atoms with Gasteiger partial charge in [-0.25, -0.2) is 0 Å². The van der Waals surface area contributed by atoms with Crippen LogP contribution in [0, 0.1) is 13.8 Å². The van der Waals surface area contributed by atoms with Crippen molar-refractivity contribution < 1.29 is 19.1 Å². The highest BCUT2D eigenvalue weighted by molar-refractivity contribution is 6.44. The molecule has 176 valence electrons. The molecule has 2 aliphatic rings. The number of anilines is 1. The van der Waals surface area contributed by atoms with Crippen molar-refractivity contribution in [2.75, 3.05) is 18.5 Å². The number of carbonyl (C=O) groups is 3. The standard InChI is InChI=1S/C23H23ClN6O4/c1-12-5-6-14(8-15(12)24)26-21(32)19-13(2)18(16-4-3-7-30(16)19)20(31)22(33)27-23(10-34-11-23)17-9-25-29-28-17/h5-6,8-9H,3-4,7,10-11H2,1-2H3,(H,26,32)(H,27,33)(H,25,28,29). The fourth-order valence-electron chi connectivity index (χ4n) is 4.59. The van der Waals surface area contributed by atoms with Crippen LogP contribution in [0.25, 0.3) is 0 Å². The van der Waals surface area contributed by atoms with Crippen molar-refractivity contribution in [1.29, 1.82) is 0 Å². The summed E-state index contributed by atoms with van der Waals surface area (Å²) in [6.45, 7) is 4.56. The number of carbonyl (C=O) groups excluding carboxylic acids is 3. The molecule has 2 aromatic heterocycles. The molecule has 3 N–H and O–H groups in total. The van der Waals surface area contributed by atoms with Gasteiger partial charge in [0.05, 0.1) is 18.8 Å². The van der Waals surface area contributed by atoms with Crippen molar-refractivity contribution in [3.05, 3.63) is 63.2 Å². The van der Waals surface area contributed by atoms with Gasteiger partial charge in [0.15, 0.2) is 0 Å². The van der Waals surface area contributed by atoms with Gasteiger partial charge in [-0.3, -0.25) is 19.5 Å². The Morgan fingerprint density at radius 2 is 2.03 bits per heavy atom. The first-order valence-electron chi connectivity index (χ1n) is 10.9. The van der Waals surface area contributed by atoms with E-state index in [1.54, 1.807) is 25.3 Å². The molecule has 10 nitrogen and oxygen atoms in total. The Bertz CT molecular complexity index is 1310. The minimum atomic E-state index is -0.901. The zero-order valence-electron chi connectivity index (χ0n) is 18.7. The van der Waals surface area contributed by atoms with Gasteiger partial charge in [0.1, 0.15) is 16.9 Å². The highest BCUT2D eigenvalue weighted by Gasteiger charge is 2.46. The maximum Gasteiger partial charge on any atom is 0.293 e. The van der Waals surface area contributed by atoms with E-state index in [0.717, 1.165) is 12.0 Å². The summed E-state index contributed by atoms with van der Waals surface area (Å²) in [7, 11) is 0. The molecule has 0 spiro atoms. The SMILES string of the molecule is Cc1ccc(NC(=O)c2c(C)c(C(=O)C(=O)NC3(c4c[nH]nn4)COC3)c3n2CCC3)cc1Cl. The number of amides is 2. The average Bonchev–Trinajstić information content (AvgIpc) is 3.50. The highest BCUT2D eigenvalue weighted by atomic mass is 35.5. The summed E-state index contributed by atoms with van der Waals surface area (Å²) in [5, 5.41) is 16.5. The van der Waals surface area contributed by atoms with Crippen molar-refractivity contribution in [2.24, 2.45) is 0 Å². The lowest BCUT2D eigenvalue weighted by molar-refractivity contribution is -0.130. The van der Waals surface area contributed by atoms with Crippen LogP contribution in [-0.4, -0.2) is 50.8 Å². The van der Waals surface area contributed by atoms with E-state index in [4.69, 9.17) is 16.3 Å². The molecule has 3 aromatic rings. The van der Waals surface area contributed by atoms with Crippen LogP contribution >= 0.6 is 11.6 Å². The van der Waals surface area contributed by atoms with E-state index in [2.05, 4.69) is 26.0 Å². The topological polar surface area (TPSA) is 131 Å². The molecule has 0 atom stereocenters. The lowest BCUT2D eigenvalue weighted by Gasteiger charge is -2.39. The minimum Gasteiger partial charge on any atom is -0.376 e. The monoisotopic (exact) mass is 482 g/mol. The summed E-state index contributed by atoms with van der Waals surface area (Å²) < 4.78 is 7.11. The normalized spacial score (nSPS) is 16.0. The van der Waals surface area contributed by atoms with E-state index < -0.39 is 17.2 Å². The number of halogens is 1. The Morgan fingerprint density at radius 1 is 1.24 bits per heavy atom. The third-order valence-corrected chi connectivity index (χ3v) is 6.85. The molecule has 4 heterocycles.